The summed E-state index contributed by atoms with van der Waals surface area (Å²) in [5, 5.41) is 0.413. The Morgan fingerprint density at radius 1 is 1.22 bits per heavy atom. The van der Waals surface area contributed by atoms with E-state index in [1.165, 1.54) is 16.6 Å². The molecule has 2 aliphatic heterocycles. The summed E-state index contributed by atoms with van der Waals surface area (Å²) in [5.74, 6) is -0.572. The third-order valence-electron chi connectivity index (χ3n) is 5.33. The molecule has 0 saturated carbocycles. The highest BCUT2D eigenvalue weighted by atomic mass is 35.5. The van der Waals surface area contributed by atoms with Crippen LogP contribution in [-0.2, 0) is 21.4 Å². The molecule has 2 aliphatic rings. The second-order valence-electron chi connectivity index (χ2n) is 7.26. The molecule has 150 valence electrons. The Balaban J connectivity index is 1.55. The van der Waals surface area contributed by atoms with Crippen molar-refractivity contribution >= 4 is 27.5 Å². The SMILES string of the molecule is CS(=O)(=O)N1CCC[C@H](C(=O)N2CCN(Cc3c(F)cccc3Cl)CC2)C1. The van der Waals surface area contributed by atoms with Gasteiger partial charge in [0.05, 0.1) is 12.2 Å². The third-order valence-corrected chi connectivity index (χ3v) is 6.95. The molecule has 6 nitrogen and oxygen atoms in total. The molecular weight excluding hydrogens is 393 g/mol. The van der Waals surface area contributed by atoms with Crippen molar-refractivity contribution in [2.75, 3.05) is 45.5 Å². The Morgan fingerprint density at radius 3 is 2.56 bits per heavy atom. The van der Waals surface area contributed by atoms with Crippen LogP contribution in [0.2, 0.25) is 5.02 Å². The van der Waals surface area contributed by atoms with Crippen LogP contribution in [0, 0.1) is 11.7 Å². The van der Waals surface area contributed by atoms with E-state index in [1.54, 1.807) is 17.0 Å². The second-order valence-corrected chi connectivity index (χ2v) is 9.65. The number of hydrogen-bond donors (Lipinski definition) is 0. The molecule has 0 N–H and O–H groups in total. The topological polar surface area (TPSA) is 60.9 Å². The first-order valence-corrected chi connectivity index (χ1v) is 11.4. The number of rotatable bonds is 4. The van der Waals surface area contributed by atoms with Crippen LogP contribution in [-0.4, -0.2) is 74.0 Å². The quantitative estimate of drug-likeness (QED) is 0.749. The number of nitrogens with zero attached hydrogens (tertiary/aromatic N) is 3. The predicted octanol–water partition coefficient (Wildman–Crippen LogP) is 1.79. The maximum atomic E-state index is 14.0. The second kappa shape index (κ2) is 8.43. The van der Waals surface area contributed by atoms with Gasteiger partial charge in [0.25, 0.3) is 0 Å². The van der Waals surface area contributed by atoms with E-state index in [4.69, 9.17) is 11.6 Å². The lowest BCUT2D eigenvalue weighted by molar-refractivity contribution is -0.138. The molecule has 1 amide bonds. The number of carbonyl (C=O) groups is 1. The molecule has 0 bridgehead atoms. The Labute approximate surface area is 164 Å². The summed E-state index contributed by atoms with van der Waals surface area (Å²) < 4.78 is 38.9. The van der Waals surface area contributed by atoms with Gasteiger partial charge in [0.2, 0.25) is 15.9 Å². The van der Waals surface area contributed by atoms with Gasteiger partial charge in [-0.25, -0.2) is 17.1 Å². The van der Waals surface area contributed by atoms with Crippen molar-refractivity contribution in [3.63, 3.8) is 0 Å². The van der Waals surface area contributed by atoms with Crippen LogP contribution < -0.4 is 0 Å². The van der Waals surface area contributed by atoms with E-state index < -0.39 is 10.0 Å². The van der Waals surface area contributed by atoms with Crippen molar-refractivity contribution in [2.24, 2.45) is 5.92 Å². The lowest BCUT2D eigenvalue weighted by atomic mass is 9.97. The molecular formula is C18H25ClFN3O3S. The number of hydrogen-bond acceptors (Lipinski definition) is 4. The van der Waals surface area contributed by atoms with Crippen LogP contribution in [0.3, 0.4) is 0 Å². The summed E-state index contributed by atoms with van der Waals surface area (Å²) in [5.41, 5.74) is 0.481. The van der Waals surface area contributed by atoms with E-state index in [0.29, 0.717) is 56.3 Å². The van der Waals surface area contributed by atoms with Crippen LogP contribution >= 0.6 is 11.6 Å². The number of piperidine rings is 1. The van der Waals surface area contributed by atoms with Gasteiger partial charge in [-0.3, -0.25) is 9.69 Å². The van der Waals surface area contributed by atoms with E-state index in [9.17, 15) is 17.6 Å². The molecule has 0 radical (unpaired) electrons. The molecule has 2 heterocycles. The van der Waals surface area contributed by atoms with E-state index in [-0.39, 0.29) is 24.2 Å². The van der Waals surface area contributed by atoms with Gasteiger partial charge in [0.15, 0.2) is 0 Å². The van der Waals surface area contributed by atoms with Crippen molar-refractivity contribution in [1.29, 1.82) is 0 Å². The monoisotopic (exact) mass is 417 g/mol. The third kappa shape index (κ3) is 4.99. The maximum Gasteiger partial charge on any atom is 0.227 e. The number of benzene rings is 1. The molecule has 1 atom stereocenters. The van der Waals surface area contributed by atoms with E-state index >= 15 is 0 Å². The smallest absolute Gasteiger partial charge is 0.227 e. The van der Waals surface area contributed by atoms with Gasteiger partial charge in [-0.15, -0.1) is 0 Å². The first-order chi connectivity index (χ1) is 12.8. The fraction of sp³-hybridized carbons (Fsp3) is 0.611. The van der Waals surface area contributed by atoms with Gasteiger partial charge < -0.3 is 4.90 Å². The standard InChI is InChI=1S/C18H25ClFN3O3S/c1-27(25,26)23-7-3-4-14(12-23)18(24)22-10-8-21(9-11-22)13-15-16(19)5-2-6-17(15)20/h2,5-6,14H,3-4,7-13H2,1H3/t14-/m0/s1. The minimum absolute atomic E-state index is 0.0203. The van der Waals surface area contributed by atoms with Crippen molar-refractivity contribution in [3.05, 3.63) is 34.6 Å². The number of carbonyl (C=O) groups excluding carboxylic acids is 1. The van der Waals surface area contributed by atoms with Gasteiger partial charge in [0.1, 0.15) is 5.82 Å². The van der Waals surface area contributed by atoms with Gasteiger partial charge in [-0.2, -0.15) is 0 Å². The number of sulfonamides is 1. The summed E-state index contributed by atoms with van der Waals surface area (Å²) in [6, 6.07) is 4.66. The zero-order chi connectivity index (χ0) is 19.6. The minimum Gasteiger partial charge on any atom is -0.340 e. The predicted molar refractivity (Wildman–Crippen MR) is 102 cm³/mol. The Bertz CT molecular complexity index is 777. The summed E-state index contributed by atoms with van der Waals surface area (Å²) in [6.07, 6.45) is 2.61. The van der Waals surface area contributed by atoms with Gasteiger partial charge >= 0.3 is 0 Å². The van der Waals surface area contributed by atoms with Crippen molar-refractivity contribution in [1.82, 2.24) is 14.1 Å². The summed E-state index contributed by atoms with van der Waals surface area (Å²) in [4.78, 5) is 16.7. The summed E-state index contributed by atoms with van der Waals surface area (Å²) in [6.45, 7) is 3.56. The summed E-state index contributed by atoms with van der Waals surface area (Å²) >= 11 is 6.09. The highest BCUT2D eigenvalue weighted by Crippen LogP contribution is 2.23. The molecule has 2 saturated heterocycles. The molecule has 1 aromatic carbocycles. The van der Waals surface area contributed by atoms with Crippen LogP contribution in [0.1, 0.15) is 18.4 Å². The molecule has 9 heteroatoms. The molecule has 27 heavy (non-hydrogen) atoms. The average molecular weight is 418 g/mol. The first kappa shape index (κ1) is 20.5. The molecule has 0 aliphatic carbocycles. The van der Waals surface area contributed by atoms with Gasteiger partial charge in [0, 0.05) is 56.4 Å². The van der Waals surface area contributed by atoms with Crippen molar-refractivity contribution in [3.8, 4) is 0 Å². The Morgan fingerprint density at radius 2 is 1.93 bits per heavy atom. The Kier molecular flexibility index (Phi) is 6.40. The van der Waals surface area contributed by atoms with Crippen LogP contribution in [0.4, 0.5) is 4.39 Å². The van der Waals surface area contributed by atoms with E-state index in [2.05, 4.69) is 4.90 Å². The van der Waals surface area contributed by atoms with Crippen LogP contribution in [0.5, 0.6) is 0 Å². The van der Waals surface area contributed by atoms with Gasteiger partial charge in [-0.05, 0) is 25.0 Å². The highest BCUT2D eigenvalue weighted by molar-refractivity contribution is 7.88. The maximum absolute atomic E-state index is 14.0. The van der Waals surface area contributed by atoms with Crippen LogP contribution in [0.15, 0.2) is 18.2 Å². The normalized spacial score (nSPS) is 22.8. The highest BCUT2D eigenvalue weighted by Gasteiger charge is 2.33. The average Bonchev–Trinajstić information content (AvgIpc) is 2.64. The molecule has 0 aromatic heterocycles. The fourth-order valence-electron chi connectivity index (χ4n) is 3.74. The van der Waals surface area contributed by atoms with Crippen molar-refractivity contribution < 1.29 is 17.6 Å². The molecule has 1 aromatic rings. The minimum atomic E-state index is -3.27. The molecule has 2 fully saturated rings. The lowest BCUT2D eigenvalue weighted by Crippen LogP contribution is -2.52. The number of piperazine rings is 1. The molecule has 0 spiro atoms. The van der Waals surface area contributed by atoms with Crippen molar-refractivity contribution in [2.45, 2.75) is 19.4 Å². The Hall–Kier alpha value is -1.22. The van der Waals surface area contributed by atoms with Crippen LogP contribution in [0.25, 0.3) is 0 Å². The zero-order valence-corrected chi connectivity index (χ0v) is 17.0. The van der Waals surface area contributed by atoms with Gasteiger partial charge in [-0.1, -0.05) is 17.7 Å². The fourth-order valence-corrected chi connectivity index (χ4v) is 4.87. The zero-order valence-electron chi connectivity index (χ0n) is 15.4. The van der Waals surface area contributed by atoms with E-state index in [1.807, 2.05) is 0 Å². The largest absolute Gasteiger partial charge is 0.340 e. The summed E-state index contributed by atoms with van der Waals surface area (Å²) in [7, 11) is -3.27. The molecule has 0 unspecified atom stereocenters. The number of halogens is 2. The lowest BCUT2D eigenvalue weighted by Gasteiger charge is -2.38. The van der Waals surface area contributed by atoms with E-state index in [0.717, 1.165) is 6.42 Å². The number of amides is 1. The first-order valence-electron chi connectivity index (χ1n) is 9.15. The molecule has 3 rings (SSSR count).